The Hall–Kier alpha value is -2.77. The van der Waals surface area contributed by atoms with E-state index >= 15 is 0 Å². The van der Waals surface area contributed by atoms with Gasteiger partial charge in [-0.15, -0.1) is 0 Å². The van der Waals surface area contributed by atoms with Crippen molar-refractivity contribution in [2.45, 2.75) is 89.3 Å². The minimum atomic E-state index is -0.759. The van der Waals surface area contributed by atoms with Crippen LogP contribution in [0.25, 0.3) is 0 Å². The minimum Gasteiger partial charge on any atom is -0.481 e. The molecular formula is C25H35N3O5. The summed E-state index contributed by atoms with van der Waals surface area (Å²) in [6, 6.07) is 5.98. The average molecular weight is 458 g/mol. The molecule has 4 rings (SSSR count). The number of nitrogens with one attached hydrogen (secondary N) is 2. The Bertz CT molecular complexity index is 860. The summed E-state index contributed by atoms with van der Waals surface area (Å²) in [4.78, 5) is 37.6. The highest BCUT2D eigenvalue weighted by atomic mass is 16.6. The molecule has 1 heterocycles. The number of hydrogen-bond acceptors (Lipinski definition) is 4. The first-order valence-corrected chi connectivity index (χ1v) is 12.3. The summed E-state index contributed by atoms with van der Waals surface area (Å²) in [5.41, 5.74) is 2.99. The Balaban J connectivity index is 1.24. The van der Waals surface area contributed by atoms with Gasteiger partial charge in [0.15, 0.2) is 0 Å². The van der Waals surface area contributed by atoms with Crippen molar-refractivity contribution < 1.29 is 24.2 Å². The molecule has 1 aliphatic heterocycles. The highest BCUT2D eigenvalue weighted by Gasteiger charge is 2.28. The van der Waals surface area contributed by atoms with Gasteiger partial charge in [0.1, 0.15) is 6.10 Å². The van der Waals surface area contributed by atoms with Crippen LogP contribution in [0.3, 0.4) is 0 Å². The highest BCUT2D eigenvalue weighted by molar-refractivity contribution is 5.89. The van der Waals surface area contributed by atoms with E-state index < -0.39 is 5.97 Å². The first kappa shape index (κ1) is 23.4. The molecule has 3 amide bonds. The number of nitrogens with zero attached hydrogens (tertiary/aromatic N) is 1. The summed E-state index contributed by atoms with van der Waals surface area (Å²) in [7, 11) is 0. The summed E-state index contributed by atoms with van der Waals surface area (Å²) in [6.07, 6.45) is 9.23. The molecule has 1 aromatic rings. The van der Waals surface area contributed by atoms with Gasteiger partial charge in [-0.05, 0) is 74.1 Å². The number of aliphatic carboxylic acids is 1. The van der Waals surface area contributed by atoms with Gasteiger partial charge in [0.05, 0.1) is 0 Å². The molecule has 0 aromatic heterocycles. The molecule has 0 unspecified atom stereocenters. The largest absolute Gasteiger partial charge is 0.481 e. The molecule has 8 nitrogen and oxygen atoms in total. The fraction of sp³-hybridized carbons (Fsp3) is 0.640. The van der Waals surface area contributed by atoms with E-state index in [4.69, 9.17) is 9.84 Å². The Morgan fingerprint density at radius 1 is 1.00 bits per heavy atom. The first-order valence-electron chi connectivity index (χ1n) is 12.3. The van der Waals surface area contributed by atoms with Gasteiger partial charge in [-0.2, -0.15) is 0 Å². The van der Waals surface area contributed by atoms with E-state index in [-0.39, 0.29) is 36.6 Å². The molecule has 2 fully saturated rings. The van der Waals surface area contributed by atoms with E-state index in [1.807, 2.05) is 18.2 Å². The summed E-state index contributed by atoms with van der Waals surface area (Å²) in [5.74, 6) is -0.572. The molecule has 33 heavy (non-hydrogen) atoms. The standard InChI is InChI=1S/C25H35N3O5/c29-23(30)14-17-6-10-22(11-7-17)33-25(32)28-13-12-18-15-21(9-8-19(18)16-28)27-24(31)26-20-4-2-1-3-5-20/h8-9,15,17,20,22H,1-7,10-14,16H2,(H,29,30)(H2,26,27,31)/t17-,22-. The molecule has 3 aliphatic rings. The highest BCUT2D eigenvalue weighted by Crippen LogP contribution is 2.30. The van der Waals surface area contributed by atoms with Crippen molar-refractivity contribution in [1.82, 2.24) is 10.2 Å². The van der Waals surface area contributed by atoms with Crippen molar-refractivity contribution in [3.8, 4) is 0 Å². The van der Waals surface area contributed by atoms with Gasteiger partial charge in [-0.3, -0.25) is 4.79 Å². The lowest BCUT2D eigenvalue weighted by Gasteiger charge is -2.32. The number of carbonyl (C=O) groups is 3. The number of hydrogen-bond donors (Lipinski definition) is 3. The molecule has 180 valence electrons. The number of carboxylic acids is 1. The van der Waals surface area contributed by atoms with Gasteiger partial charge in [-0.25, -0.2) is 9.59 Å². The number of urea groups is 1. The lowest BCUT2D eigenvalue weighted by Crippen LogP contribution is -2.39. The summed E-state index contributed by atoms with van der Waals surface area (Å²) in [6.45, 7) is 1.08. The van der Waals surface area contributed by atoms with Crippen LogP contribution >= 0.6 is 0 Å². The van der Waals surface area contributed by atoms with Gasteiger partial charge >= 0.3 is 18.1 Å². The third kappa shape index (κ3) is 6.62. The van der Waals surface area contributed by atoms with Crippen LogP contribution in [-0.2, 0) is 22.5 Å². The molecule has 0 bridgehead atoms. The van der Waals surface area contributed by atoms with E-state index in [1.165, 1.54) is 19.3 Å². The molecule has 3 N–H and O–H groups in total. The van der Waals surface area contributed by atoms with Gasteiger partial charge in [-0.1, -0.05) is 25.3 Å². The van der Waals surface area contributed by atoms with Crippen molar-refractivity contribution in [2.75, 3.05) is 11.9 Å². The molecule has 8 heteroatoms. The zero-order valence-corrected chi connectivity index (χ0v) is 19.2. The topological polar surface area (TPSA) is 108 Å². The molecule has 2 aliphatic carbocycles. The summed E-state index contributed by atoms with van der Waals surface area (Å²) in [5, 5.41) is 15.0. The number of carbonyl (C=O) groups excluding carboxylic acids is 2. The third-order valence-corrected chi connectivity index (χ3v) is 7.20. The van der Waals surface area contributed by atoms with Crippen LogP contribution < -0.4 is 10.6 Å². The van der Waals surface area contributed by atoms with Crippen LogP contribution in [0, 0.1) is 5.92 Å². The lowest BCUT2D eigenvalue weighted by atomic mass is 9.85. The van der Waals surface area contributed by atoms with Crippen molar-refractivity contribution in [1.29, 1.82) is 0 Å². The van der Waals surface area contributed by atoms with Crippen LogP contribution in [0.1, 0.15) is 75.3 Å². The predicted molar refractivity (Wildman–Crippen MR) is 124 cm³/mol. The van der Waals surface area contributed by atoms with Crippen LogP contribution in [0.15, 0.2) is 18.2 Å². The van der Waals surface area contributed by atoms with E-state index in [0.29, 0.717) is 13.1 Å². The normalized spacial score (nSPS) is 23.3. The predicted octanol–water partition coefficient (Wildman–Crippen LogP) is 4.67. The lowest BCUT2D eigenvalue weighted by molar-refractivity contribution is -0.138. The Morgan fingerprint density at radius 3 is 2.48 bits per heavy atom. The molecule has 0 spiro atoms. The number of rotatable bonds is 5. The number of carboxylic acid groups (broad SMARTS) is 1. The fourth-order valence-corrected chi connectivity index (χ4v) is 5.30. The second-order valence-electron chi connectivity index (χ2n) is 9.71. The van der Waals surface area contributed by atoms with Crippen LogP contribution in [0.2, 0.25) is 0 Å². The number of anilines is 1. The monoisotopic (exact) mass is 457 g/mol. The molecule has 2 saturated carbocycles. The Labute approximate surface area is 195 Å². The average Bonchev–Trinajstić information content (AvgIpc) is 2.80. The Morgan fingerprint density at radius 2 is 1.76 bits per heavy atom. The van der Waals surface area contributed by atoms with E-state index in [2.05, 4.69) is 10.6 Å². The molecule has 1 aromatic carbocycles. The smallest absolute Gasteiger partial charge is 0.410 e. The van der Waals surface area contributed by atoms with Crippen LogP contribution in [0.4, 0.5) is 15.3 Å². The number of ether oxygens (including phenoxy) is 1. The quantitative estimate of drug-likeness (QED) is 0.596. The number of benzene rings is 1. The van der Waals surface area contributed by atoms with Gasteiger partial charge in [0.2, 0.25) is 0 Å². The summed E-state index contributed by atoms with van der Waals surface area (Å²) >= 11 is 0. The zero-order chi connectivity index (χ0) is 23.2. The Kier molecular flexibility index (Phi) is 7.73. The van der Waals surface area contributed by atoms with Crippen LogP contribution in [0.5, 0.6) is 0 Å². The van der Waals surface area contributed by atoms with E-state index in [0.717, 1.165) is 61.8 Å². The molecule has 0 radical (unpaired) electrons. The zero-order valence-electron chi connectivity index (χ0n) is 19.2. The van der Waals surface area contributed by atoms with Crippen LogP contribution in [-0.4, -0.2) is 46.8 Å². The fourth-order valence-electron chi connectivity index (χ4n) is 5.30. The second-order valence-corrected chi connectivity index (χ2v) is 9.71. The second kappa shape index (κ2) is 10.9. The van der Waals surface area contributed by atoms with Crippen molar-refractivity contribution >= 4 is 23.8 Å². The van der Waals surface area contributed by atoms with Crippen molar-refractivity contribution in [3.05, 3.63) is 29.3 Å². The first-order chi connectivity index (χ1) is 16.0. The van der Waals surface area contributed by atoms with E-state index in [9.17, 15) is 14.4 Å². The van der Waals surface area contributed by atoms with Crippen molar-refractivity contribution in [3.63, 3.8) is 0 Å². The minimum absolute atomic E-state index is 0.127. The van der Waals surface area contributed by atoms with E-state index in [1.54, 1.807) is 4.90 Å². The SMILES string of the molecule is O=C(O)C[C@H]1CC[C@H](OC(=O)N2CCc3cc(NC(=O)NC4CCCCC4)ccc3C2)CC1. The maximum absolute atomic E-state index is 12.7. The maximum Gasteiger partial charge on any atom is 0.410 e. The van der Waals surface area contributed by atoms with Gasteiger partial charge in [0, 0.05) is 31.2 Å². The summed E-state index contributed by atoms with van der Waals surface area (Å²) < 4.78 is 5.72. The number of amides is 3. The number of fused-ring (bicyclic) bond motifs is 1. The molecular weight excluding hydrogens is 422 g/mol. The van der Waals surface area contributed by atoms with Gasteiger partial charge in [0.25, 0.3) is 0 Å². The van der Waals surface area contributed by atoms with Crippen molar-refractivity contribution in [2.24, 2.45) is 5.92 Å². The maximum atomic E-state index is 12.7. The molecule has 0 atom stereocenters. The third-order valence-electron chi connectivity index (χ3n) is 7.20. The van der Waals surface area contributed by atoms with Gasteiger partial charge < -0.3 is 25.4 Å². The molecule has 0 saturated heterocycles.